The lowest BCUT2D eigenvalue weighted by Crippen LogP contribution is -2.14. The zero-order chi connectivity index (χ0) is 20.0. The highest BCUT2D eigenvalue weighted by molar-refractivity contribution is 5.90. The minimum atomic E-state index is -0.982. The zero-order valence-corrected chi connectivity index (χ0v) is 16.8. The molecular formula is C20H20ClN5O4. The number of hydrogen-bond acceptors (Lipinski definition) is 7. The molecule has 30 heavy (non-hydrogen) atoms. The molecule has 0 unspecified atom stereocenters. The molecule has 0 atom stereocenters. The SMILES string of the molecule is Cl.NCCCn1nc2c(c1C(=O)O)CCc1cnc(-c3ccc4c(c3)OCO4)nc1-2. The number of nitrogens with two attached hydrogens (primary N) is 1. The fourth-order valence-electron chi connectivity index (χ4n) is 3.80. The molecule has 9 nitrogen and oxygen atoms in total. The second-order valence-corrected chi connectivity index (χ2v) is 6.98. The number of nitrogens with zero attached hydrogens (tertiary/aromatic N) is 4. The minimum Gasteiger partial charge on any atom is -0.477 e. The van der Waals surface area contributed by atoms with Crippen LogP contribution in [0.2, 0.25) is 0 Å². The van der Waals surface area contributed by atoms with Crippen molar-refractivity contribution in [1.82, 2.24) is 19.7 Å². The molecule has 3 heterocycles. The molecule has 1 aliphatic carbocycles. The first-order valence-corrected chi connectivity index (χ1v) is 9.45. The summed E-state index contributed by atoms with van der Waals surface area (Å²) in [6, 6.07) is 5.55. The van der Waals surface area contributed by atoms with Crippen LogP contribution in [0.1, 0.15) is 28.0 Å². The van der Waals surface area contributed by atoms with E-state index in [4.69, 9.17) is 20.2 Å². The Hall–Kier alpha value is -3.17. The summed E-state index contributed by atoms with van der Waals surface area (Å²) in [6.45, 7) is 1.13. The Morgan fingerprint density at radius 3 is 2.83 bits per heavy atom. The number of carboxylic acids is 1. The molecule has 0 fully saturated rings. The highest BCUT2D eigenvalue weighted by atomic mass is 35.5. The molecule has 2 aromatic heterocycles. The monoisotopic (exact) mass is 429 g/mol. The molecule has 1 aromatic carbocycles. The third kappa shape index (κ3) is 3.25. The maximum absolute atomic E-state index is 11.9. The van der Waals surface area contributed by atoms with E-state index in [2.05, 4.69) is 10.1 Å². The standard InChI is InChI=1S/C20H19N5O4.ClH/c21-6-1-7-25-18(20(26)27)13-4-2-12-9-22-19(23-16(12)17(13)24-25)11-3-5-14-15(8-11)29-10-28-14;/h3,5,8-9H,1-2,4,6-7,10,21H2,(H,26,27);1H. The van der Waals surface area contributed by atoms with Crippen LogP contribution in [-0.4, -0.2) is 44.2 Å². The second kappa shape index (κ2) is 7.92. The van der Waals surface area contributed by atoms with Gasteiger partial charge in [0.2, 0.25) is 6.79 Å². The van der Waals surface area contributed by atoms with E-state index in [0.29, 0.717) is 61.1 Å². The van der Waals surface area contributed by atoms with Crippen LogP contribution in [0.3, 0.4) is 0 Å². The maximum Gasteiger partial charge on any atom is 0.354 e. The molecule has 0 bridgehead atoms. The molecule has 0 saturated heterocycles. The highest BCUT2D eigenvalue weighted by Gasteiger charge is 2.29. The number of carboxylic acid groups (broad SMARTS) is 1. The van der Waals surface area contributed by atoms with Crippen molar-refractivity contribution < 1.29 is 19.4 Å². The number of aromatic nitrogens is 4. The van der Waals surface area contributed by atoms with E-state index in [-0.39, 0.29) is 24.9 Å². The summed E-state index contributed by atoms with van der Waals surface area (Å²) in [5, 5.41) is 14.3. The van der Waals surface area contributed by atoms with Gasteiger partial charge in [0.15, 0.2) is 17.3 Å². The van der Waals surface area contributed by atoms with E-state index in [0.717, 1.165) is 16.7 Å². The molecule has 0 saturated carbocycles. The molecule has 3 aromatic rings. The van der Waals surface area contributed by atoms with Gasteiger partial charge in [0.05, 0.1) is 5.69 Å². The van der Waals surface area contributed by atoms with Gasteiger partial charge in [0.25, 0.3) is 0 Å². The number of aromatic carboxylic acids is 1. The summed E-state index contributed by atoms with van der Waals surface area (Å²) in [6.07, 6.45) is 3.72. The van der Waals surface area contributed by atoms with Crippen LogP contribution in [0, 0.1) is 0 Å². The maximum atomic E-state index is 11.9. The van der Waals surface area contributed by atoms with E-state index < -0.39 is 5.97 Å². The van der Waals surface area contributed by atoms with Gasteiger partial charge < -0.3 is 20.3 Å². The Labute approximate surface area is 178 Å². The van der Waals surface area contributed by atoms with Crippen molar-refractivity contribution >= 4 is 18.4 Å². The molecule has 0 radical (unpaired) electrons. The van der Waals surface area contributed by atoms with Crippen LogP contribution >= 0.6 is 12.4 Å². The average molecular weight is 430 g/mol. The van der Waals surface area contributed by atoms with Gasteiger partial charge in [-0.05, 0) is 49.6 Å². The quantitative estimate of drug-likeness (QED) is 0.632. The molecule has 2 aliphatic rings. The van der Waals surface area contributed by atoms with E-state index in [9.17, 15) is 9.90 Å². The Kier molecular flexibility index (Phi) is 5.31. The van der Waals surface area contributed by atoms with Gasteiger partial charge in [0, 0.05) is 23.9 Å². The van der Waals surface area contributed by atoms with Gasteiger partial charge >= 0.3 is 5.97 Å². The molecule has 1 aliphatic heterocycles. The van der Waals surface area contributed by atoms with Crippen molar-refractivity contribution in [3.05, 3.63) is 41.2 Å². The molecular weight excluding hydrogens is 410 g/mol. The van der Waals surface area contributed by atoms with Crippen molar-refractivity contribution in [3.8, 4) is 34.3 Å². The van der Waals surface area contributed by atoms with Crippen LogP contribution in [0.25, 0.3) is 22.8 Å². The van der Waals surface area contributed by atoms with Crippen molar-refractivity contribution in [1.29, 1.82) is 0 Å². The van der Waals surface area contributed by atoms with Crippen LogP contribution in [0.15, 0.2) is 24.4 Å². The average Bonchev–Trinajstić information content (AvgIpc) is 3.35. The van der Waals surface area contributed by atoms with E-state index in [1.807, 2.05) is 18.2 Å². The summed E-state index contributed by atoms with van der Waals surface area (Å²) in [5.74, 6) is 0.898. The predicted molar refractivity (Wildman–Crippen MR) is 110 cm³/mol. The minimum absolute atomic E-state index is 0. The lowest BCUT2D eigenvalue weighted by Gasteiger charge is -2.15. The van der Waals surface area contributed by atoms with Crippen molar-refractivity contribution in [3.63, 3.8) is 0 Å². The normalized spacial score (nSPS) is 13.4. The molecule has 10 heteroatoms. The van der Waals surface area contributed by atoms with Gasteiger partial charge in [-0.15, -0.1) is 12.4 Å². The summed E-state index contributed by atoms with van der Waals surface area (Å²) in [4.78, 5) is 21.1. The van der Waals surface area contributed by atoms with E-state index >= 15 is 0 Å². The molecule has 5 rings (SSSR count). The molecule has 3 N–H and O–H groups in total. The van der Waals surface area contributed by atoms with Crippen LogP contribution < -0.4 is 15.2 Å². The van der Waals surface area contributed by atoms with Gasteiger partial charge in [-0.2, -0.15) is 5.10 Å². The highest BCUT2D eigenvalue weighted by Crippen LogP contribution is 2.37. The number of benzene rings is 1. The third-order valence-electron chi connectivity index (χ3n) is 5.19. The Bertz CT molecular complexity index is 1130. The van der Waals surface area contributed by atoms with Crippen molar-refractivity contribution in [2.45, 2.75) is 25.8 Å². The van der Waals surface area contributed by atoms with Gasteiger partial charge in [-0.1, -0.05) is 0 Å². The van der Waals surface area contributed by atoms with Gasteiger partial charge in [-0.3, -0.25) is 4.68 Å². The Morgan fingerprint density at radius 1 is 1.20 bits per heavy atom. The predicted octanol–water partition coefficient (Wildman–Crippen LogP) is 2.30. The number of ether oxygens (including phenoxy) is 2. The number of halogens is 1. The van der Waals surface area contributed by atoms with Gasteiger partial charge in [-0.25, -0.2) is 14.8 Å². The largest absolute Gasteiger partial charge is 0.477 e. The van der Waals surface area contributed by atoms with E-state index in [1.54, 1.807) is 6.20 Å². The first-order valence-electron chi connectivity index (χ1n) is 9.45. The zero-order valence-electron chi connectivity index (χ0n) is 16.0. The second-order valence-electron chi connectivity index (χ2n) is 6.98. The third-order valence-corrected chi connectivity index (χ3v) is 5.19. The Balaban J connectivity index is 0.00000218. The van der Waals surface area contributed by atoms with Crippen LogP contribution in [0.4, 0.5) is 0 Å². The summed E-state index contributed by atoms with van der Waals surface area (Å²) in [5.41, 5.74) is 9.60. The van der Waals surface area contributed by atoms with Crippen LogP contribution in [0.5, 0.6) is 11.5 Å². The number of rotatable bonds is 5. The summed E-state index contributed by atoms with van der Waals surface area (Å²) >= 11 is 0. The number of fused-ring (bicyclic) bond motifs is 4. The van der Waals surface area contributed by atoms with Crippen molar-refractivity contribution in [2.75, 3.05) is 13.3 Å². The van der Waals surface area contributed by atoms with Gasteiger partial charge in [0.1, 0.15) is 11.4 Å². The fraction of sp³-hybridized carbons (Fsp3) is 0.300. The number of hydrogen-bond donors (Lipinski definition) is 2. The van der Waals surface area contributed by atoms with E-state index in [1.165, 1.54) is 4.68 Å². The lowest BCUT2D eigenvalue weighted by molar-refractivity contribution is 0.0681. The fourth-order valence-corrected chi connectivity index (χ4v) is 3.80. The Morgan fingerprint density at radius 2 is 2.03 bits per heavy atom. The molecule has 0 spiro atoms. The first kappa shape index (κ1) is 20.1. The molecule has 156 valence electrons. The molecule has 0 amide bonds. The lowest BCUT2D eigenvalue weighted by atomic mass is 9.93. The van der Waals surface area contributed by atoms with Crippen LogP contribution in [-0.2, 0) is 19.4 Å². The number of aryl methyl sites for hydroxylation is 2. The first-order chi connectivity index (χ1) is 14.2. The summed E-state index contributed by atoms with van der Waals surface area (Å²) in [7, 11) is 0. The summed E-state index contributed by atoms with van der Waals surface area (Å²) < 4.78 is 12.3. The van der Waals surface area contributed by atoms with Crippen molar-refractivity contribution in [2.24, 2.45) is 5.73 Å². The number of carbonyl (C=O) groups is 1. The topological polar surface area (TPSA) is 125 Å². The smallest absolute Gasteiger partial charge is 0.354 e.